The number of benzene rings is 2. The maximum Gasteiger partial charge on any atom is 0.433 e. The van der Waals surface area contributed by atoms with Crippen LogP contribution in [0.4, 0.5) is 13.2 Å². The summed E-state index contributed by atoms with van der Waals surface area (Å²) in [6.45, 7) is 1.62. The van der Waals surface area contributed by atoms with E-state index in [9.17, 15) is 23.1 Å². The third-order valence-corrected chi connectivity index (χ3v) is 6.29. The Kier molecular flexibility index (Phi) is 6.35. The van der Waals surface area contributed by atoms with Crippen LogP contribution in [0.1, 0.15) is 29.8 Å². The van der Waals surface area contributed by atoms with Gasteiger partial charge >= 0.3 is 11.9 Å². The molecular formula is C27H20ClF3N4O2. The lowest BCUT2D eigenvalue weighted by Gasteiger charge is -2.13. The van der Waals surface area contributed by atoms with Gasteiger partial charge in [0.1, 0.15) is 5.69 Å². The lowest BCUT2D eigenvalue weighted by Crippen LogP contribution is -2.21. The number of halogens is 4. The van der Waals surface area contributed by atoms with Crippen LogP contribution in [-0.4, -0.2) is 24.3 Å². The number of aliphatic hydroxyl groups excluding tert-OH is 1. The fraction of sp³-hybridized carbons (Fsp3) is 0.148. The van der Waals surface area contributed by atoms with Crippen molar-refractivity contribution in [1.29, 1.82) is 0 Å². The van der Waals surface area contributed by atoms with Gasteiger partial charge in [-0.05, 0) is 59.0 Å². The number of fused-ring (bicyclic) bond motifs is 1. The molecule has 1 N–H and O–H groups in total. The number of hydrogen-bond acceptors (Lipinski definition) is 4. The predicted molar refractivity (Wildman–Crippen MR) is 134 cm³/mol. The Balaban J connectivity index is 1.65. The summed E-state index contributed by atoms with van der Waals surface area (Å²) in [7, 11) is 0. The highest BCUT2D eigenvalue weighted by Crippen LogP contribution is 2.35. The molecule has 0 aliphatic rings. The Morgan fingerprint density at radius 3 is 2.24 bits per heavy atom. The number of hydrogen-bond donors (Lipinski definition) is 1. The van der Waals surface area contributed by atoms with Gasteiger partial charge in [-0.3, -0.25) is 4.98 Å². The summed E-state index contributed by atoms with van der Waals surface area (Å²) in [5.74, 6) is 0. The van der Waals surface area contributed by atoms with Crippen molar-refractivity contribution < 1.29 is 18.3 Å². The Bertz CT molecular complexity index is 1620. The summed E-state index contributed by atoms with van der Waals surface area (Å²) in [5.41, 5.74) is 3.19. The maximum atomic E-state index is 13.2. The molecule has 0 bridgehead atoms. The first-order valence-electron chi connectivity index (χ1n) is 11.3. The zero-order valence-electron chi connectivity index (χ0n) is 19.4. The molecule has 0 radical (unpaired) electrons. The van der Waals surface area contributed by atoms with E-state index in [4.69, 9.17) is 11.6 Å². The first-order valence-corrected chi connectivity index (χ1v) is 11.7. The van der Waals surface area contributed by atoms with Crippen molar-refractivity contribution >= 4 is 17.2 Å². The Labute approximate surface area is 214 Å². The van der Waals surface area contributed by atoms with Gasteiger partial charge in [-0.1, -0.05) is 54.1 Å². The highest BCUT2D eigenvalue weighted by molar-refractivity contribution is 6.30. The summed E-state index contributed by atoms with van der Waals surface area (Å²) in [5, 5.41) is 15.1. The van der Waals surface area contributed by atoms with E-state index in [-0.39, 0.29) is 6.54 Å². The van der Waals surface area contributed by atoms with Crippen LogP contribution < -0.4 is 5.69 Å². The number of rotatable bonds is 5. The standard InChI is InChI=1S/C27H20ClF3N4O2/c1-16(36)18-3-5-20(6-4-18)24-22(19-7-9-21(28)10-8-19)12-13-34-25(24)33-35(26(34)37)15-17-2-11-23(32-14-17)27(29,30)31/h2-14,16,36H,15H2,1H3/t16-/m1/s1. The molecule has 5 aromatic rings. The van der Waals surface area contributed by atoms with Gasteiger partial charge in [-0.15, -0.1) is 5.10 Å². The van der Waals surface area contributed by atoms with Crippen molar-refractivity contribution in [1.82, 2.24) is 19.2 Å². The van der Waals surface area contributed by atoms with Crippen LogP contribution in [0.5, 0.6) is 0 Å². The molecule has 5 rings (SSSR count). The summed E-state index contributed by atoms with van der Waals surface area (Å²) in [6, 6.07) is 18.5. The van der Waals surface area contributed by atoms with Crippen LogP contribution in [-0.2, 0) is 12.7 Å². The Morgan fingerprint density at radius 1 is 0.973 bits per heavy atom. The summed E-state index contributed by atoms with van der Waals surface area (Å²) >= 11 is 6.08. The van der Waals surface area contributed by atoms with Gasteiger partial charge in [-0.2, -0.15) is 13.2 Å². The van der Waals surface area contributed by atoms with Gasteiger partial charge in [0.15, 0.2) is 5.65 Å². The van der Waals surface area contributed by atoms with Gasteiger partial charge in [0.05, 0.1) is 12.6 Å². The molecule has 10 heteroatoms. The molecule has 0 spiro atoms. The molecule has 0 saturated carbocycles. The second kappa shape index (κ2) is 9.49. The molecule has 2 aromatic carbocycles. The van der Waals surface area contributed by atoms with Crippen molar-refractivity contribution in [2.24, 2.45) is 0 Å². The molecule has 3 heterocycles. The fourth-order valence-electron chi connectivity index (χ4n) is 4.12. The lowest BCUT2D eigenvalue weighted by molar-refractivity contribution is -0.141. The van der Waals surface area contributed by atoms with E-state index in [1.807, 2.05) is 24.3 Å². The van der Waals surface area contributed by atoms with Gasteiger partial charge in [0.2, 0.25) is 0 Å². The number of pyridine rings is 2. The zero-order valence-corrected chi connectivity index (χ0v) is 20.2. The molecule has 0 unspecified atom stereocenters. The topological polar surface area (TPSA) is 72.4 Å². The molecule has 0 amide bonds. The number of alkyl halides is 3. The number of aromatic nitrogens is 4. The second-order valence-electron chi connectivity index (χ2n) is 8.59. The zero-order chi connectivity index (χ0) is 26.3. The van der Waals surface area contributed by atoms with Gasteiger partial charge in [0, 0.05) is 23.0 Å². The molecule has 0 saturated heterocycles. The van der Waals surface area contributed by atoms with Crippen molar-refractivity contribution in [3.05, 3.63) is 111 Å². The van der Waals surface area contributed by atoms with Crippen molar-refractivity contribution in [3.8, 4) is 22.3 Å². The highest BCUT2D eigenvalue weighted by atomic mass is 35.5. The monoisotopic (exact) mass is 524 g/mol. The maximum absolute atomic E-state index is 13.2. The summed E-state index contributed by atoms with van der Waals surface area (Å²) in [6.07, 6.45) is -2.48. The van der Waals surface area contributed by atoms with Crippen LogP contribution in [0.25, 0.3) is 27.9 Å². The summed E-state index contributed by atoms with van der Waals surface area (Å²) < 4.78 is 41.2. The van der Waals surface area contributed by atoms with Crippen LogP contribution >= 0.6 is 11.6 Å². The van der Waals surface area contributed by atoms with Crippen molar-refractivity contribution in [2.45, 2.75) is 25.7 Å². The third kappa shape index (κ3) is 4.87. The average Bonchev–Trinajstić information content (AvgIpc) is 3.19. The van der Waals surface area contributed by atoms with Gasteiger partial charge < -0.3 is 5.11 Å². The van der Waals surface area contributed by atoms with E-state index in [1.54, 1.807) is 43.5 Å². The van der Waals surface area contributed by atoms with E-state index in [0.29, 0.717) is 21.8 Å². The van der Waals surface area contributed by atoms with Crippen LogP contribution in [0.3, 0.4) is 0 Å². The quantitative estimate of drug-likeness (QED) is 0.306. The molecule has 188 valence electrons. The van der Waals surface area contributed by atoms with E-state index in [1.165, 1.54) is 15.1 Å². The van der Waals surface area contributed by atoms with Gasteiger partial charge in [-0.25, -0.2) is 13.9 Å². The summed E-state index contributed by atoms with van der Waals surface area (Å²) in [4.78, 5) is 16.7. The van der Waals surface area contributed by atoms with Crippen LogP contribution in [0, 0.1) is 0 Å². The Morgan fingerprint density at radius 2 is 1.65 bits per heavy atom. The molecule has 37 heavy (non-hydrogen) atoms. The normalized spacial score (nSPS) is 12.7. The highest BCUT2D eigenvalue weighted by Gasteiger charge is 2.32. The van der Waals surface area contributed by atoms with Crippen molar-refractivity contribution in [2.75, 3.05) is 0 Å². The van der Waals surface area contributed by atoms with E-state index in [0.717, 1.165) is 34.5 Å². The van der Waals surface area contributed by atoms with E-state index in [2.05, 4.69) is 10.1 Å². The first kappa shape index (κ1) is 24.7. The molecule has 0 aliphatic heterocycles. The average molecular weight is 525 g/mol. The SMILES string of the molecule is C[C@@H](O)c1ccc(-c2c(-c3ccc(Cl)cc3)ccn3c(=O)n(Cc4ccc(C(F)(F)F)nc4)nc23)cc1. The Hall–Kier alpha value is -3.95. The smallest absolute Gasteiger partial charge is 0.389 e. The molecule has 6 nitrogen and oxygen atoms in total. The minimum absolute atomic E-state index is 0.0532. The first-order chi connectivity index (χ1) is 17.6. The van der Waals surface area contributed by atoms with Gasteiger partial charge in [0.25, 0.3) is 0 Å². The molecule has 0 aliphatic carbocycles. The minimum Gasteiger partial charge on any atom is -0.389 e. The predicted octanol–water partition coefficient (Wildman–Crippen LogP) is 6.00. The van der Waals surface area contributed by atoms with E-state index < -0.39 is 23.7 Å². The van der Waals surface area contributed by atoms with E-state index >= 15 is 0 Å². The lowest BCUT2D eigenvalue weighted by atomic mass is 9.95. The number of nitrogens with zero attached hydrogens (tertiary/aromatic N) is 4. The molecule has 3 aromatic heterocycles. The van der Waals surface area contributed by atoms with Crippen LogP contribution in [0.15, 0.2) is 83.9 Å². The largest absolute Gasteiger partial charge is 0.433 e. The number of aliphatic hydroxyl groups is 1. The van der Waals surface area contributed by atoms with Crippen LogP contribution in [0.2, 0.25) is 5.02 Å². The second-order valence-corrected chi connectivity index (χ2v) is 9.03. The molecular weight excluding hydrogens is 505 g/mol. The minimum atomic E-state index is -4.55. The van der Waals surface area contributed by atoms with Crippen molar-refractivity contribution in [3.63, 3.8) is 0 Å². The fourth-order valence-corrected chi connectivity index (χ4v) is 4.25. The third-order valence-electron chi connectivity index (χ3n) is 6.04. The molecule has 0 fully saturated rings. The molecule has 1 atom stereocenters.